The van der Waals surface area contributed by atoms with Gasteiger partial charge in [0.05, 0.1) is 0 Å². The van der Waals surface area contributed by atoms with Gasteiger partial charge in [0.25, 0.3) is 0 Å². The van der Waals surface area contributed by atoms with Crippen molar-refractivity contribution in [3.05, 3.63) is 47.5 Å². The lowest BCUT2D eigenvalue weighted by molar-refractivity contribution is 0.375. The maximum absolute atomic E-state index is 8.43. The summed E-state index contributed by atoms with van der Waals surface area (Å²) in [5, 5.41) is 8.43. The molecule has 1 aromatic rings. The molecule has 0 aliphatic heterocycles. The minimum Gasteiger partial charge on any atom is -0.183 e. The molecule has 1 saturated carbocycles. The van der Waals surface area contributed by atoms with Crippen molar-refractivity contribution in [2.45, 2.75) is 38.5 Å². The van der Waals surface area contributed by atoms with Crippen molar-refractivity contribution in [3.8, 4) is 17.9 Å². The molecular weight excluding hydrogens is 230 g/mol. The number of hydrogen-bond acceptors (Lipinski definition) is 1. The monoisotopic (exact) mass is 249 g/mol. The zero-order chi connectivity index (χ0) is 13.5. The minimum absolute atomic E-state index is 0.694. The van der Waals surface area contributed by atoms with Crippen molar-refractivity contribution in [2.75, 3.05) is 0 Å². The van der Waals surface area contributed by atoms with Crippen molar-refractivity contribution in [2.24, 2.45) is 5.92 Å². The Hall–Kier alpha value is -1.99. The van der Waals surface area contributed by atoms with E-state index in [1.165, 1.54) is 31.2 Å². The lowest BCUT2D eigenvalue weighted by Crippen LogP contribution is -2.11. The van der Waals surface area contributed by atoms with Crippen LogP contribution in [0.4, 0.5) is 0 Å². The number of nitriles is 1. The van der Waals surface area contributed by atoms with Gasteiger partial charge >= 0.3 is 0 Å². The molecule has 1 heteroatoms. The molecule has 2 rings (SSSR count). The van der Waals surface area contributed by atoms with Crippen LogP contribution in [0.1, 0.15) is 49.7 Å². The van der Waals surface area contributed by atoms with Crippen molar-refractivity contribution in [1.82, 2.24) is 0 Å². The van der Waals surface area contributed by atoms with Gasteiger partial charge in [-0.05, 0) is 62.1 Å². The maximum Gasteiger partial charge on any atom is 0.152 e. The van der Waals surface area contributed by atoms with Gasteiger partial charge < -0.3 is 0 Å². The highest BCUT2D eigenvalue weighted by Crippen LogP contribution is 2.36. The molecule has 1 aliphatic carbocycles. The number of benzene rings is 1. The molecule has 1 fully saturated rings. The predicted octanol–water partition coefficient (Wildman–Crippen LogP) is 4.41. The molecule has 0 aromatic heterocycles. The van der Waals surface area contributed by atoms with E-state index in [9.17, 15) is 0 Å². The van der Waals surface area contributed by atoms with E-state index >= 15 is 0 Å². The second-order valence-electron chi connectivity index (χ2n) is 5.12. The zero-order valence-corrected chi connectivity index (χ0v) is 11.4. The first-order chi connectivity index (χ1) is 9.33. The summed E-state index contributed by atoms with van der Waals surface area (Å²) in [5.41, 5.74) is 2.34. The van der Waals surface area contributed by atoms with Crippen molar-refractivity contribution in [1.29, 1.82) is 5.26 Å². The van der Waals surface area contributed by atoms with E-state index in [0.717, 1.165) is 11.5 Å². The maximum atomic E-state index is 8.43. The number of rotatable bonds is 2. The van der Waals surface area contributed by atoms with Crippen LogP contribution < -0.4 is 0 Å². The van der Waals surface area contributed by atoms with Crippen LogP contribution in [-0.4, -0.2) is 0 Å². The lowest BCUT2D eigenvalue weighted by atomic mass is 9.78. The van der Waals surface area contributed by atoms with Crippen LogP contribution in [0, 0.1) is 29.1 Å². The Bertz CT molecular complexity index is 526. The van der Waals surface area contributed by atoms with Crippen molar-refractivity contribution in [3.63, 3.8) is 0 Å². The summed E-state index contributed by atoms with van der Waals surface area (Å²) in [6.45, 7) is 2.10. The van der Waals surface area contributed by atoms with E-state index in [4.69, 9.17) is 5.26 Å². The number of hydrogen-bond donors (Lipinski definition) is 0. The second kappa shape index (κ2) is 6.81. The fourth-order valence-electron chi connectivity index (χ4n) is 2.86. The van der Waals surface area contributed by atoms with Gasteiger partial charge in [-0.3, -0.25) is 0 Å². The molecule has 1 nitrogen and oxygen atoms in total. The molecule has 96 valence electrons. The molecular formula is C18H19N. The van der Waals surface area contributed by atoms with E-state index in [1.54, 1.807) is 0 Å². The first-order valence-corrected chi connectivity index (χ1v) is 6.96. The van der Waals surface area contributed by atoms with Gasteiger partial charge in [0.2, 0.25) is 0 Å². The molecule has 0 atom stereocenters. The predicted molar refractivity (Wildman–Crippen MR) is 78.4 cm³/mol. The van der Waals surface area contributed by atoms with Crippen LogP contribution in [0.2, 0.25) is 0 Å². The fraction of sp³-hybridized carbons (Fsp3) is 0.389. The summed E-state index contributed by atoms with van der Waals surface area (Å²) in [5.74, 6) is 6.73. The van der Waals surface area contributed by atoms with Gasteiger partial charge in [-0.15, -0.1) is 0 Å². The average Bonchev–Trinajstić information content (AvgIpc) is 2.47. The third kappa shape index (κ3) is 3.73. The van der Waals surface area contributed by atoms with Gasteiger partial charge in [-0.25, -0.2) is 0 Å². The molecule has 0 saturated heterocycles. The minimum atomic E-state index is 0.694. The molecule has 0 radical (unpaired) electrons. The molecule has 0 heterocycles. The fourth-order valence-corrected chi connectivity index (χ4v) is 2.86. The van der Waals surface area contributed by atoms with E-state index in [1.807, 2.05) is 18.2 Å². The number of allylic oxidation sites excluding steroid dienone is 2. The Morgan fingerprint density at radius 2 is 1.79 bits per heavy atom. The van der Waals surface area contributed by atoms with Crippen LogP contribution in [-0.2, 0) is 0 Å². The Morgan fingerprint density at radius 3 is 2.37 bits per heavy atom. The summed E-state index contributed by atoms with van der Waals surface area (Å²) in [7, 11) is 0. The topological polar surface area (TPSA) is 23.8 Å². The Labute approximate surface area is 116 Å². The summed E-state index contributed by atoms with van der Waals surface area (Å²) in [4.78, 5) is 0. The molecule has 1 aliphatic rings. The third-order valence-corrected chi connectivity index (χ3v) is 3.88. The highest BCUT2D eigenvalue weighted by atomic mass is 14.2. The second-order valence-corrected chi connectivity index (χ2v) is 5.12. The Morgan fingerprint density at radius 1 is 1.11 bits per heavy atom. The molecule has 0 N–H and O–H groups in total. The molecule has 0 unspecified atom stereocenters. The summed E-state index contributed by atoms with van der Waals surface area (Å²) in [6, 6.07) is 10.2. The highest BCUT2D eigenvalue weighted by molar-refractivity contribution is 5.39. The Kier molecular flexibility index (Phi) is 4.82. The molecule has 0 amide bonds. The van der Waals surface area contributed by atoms with Gasteiger partial charge in [0.1, 0.15) is 0 Å². The summed E-state index contributed by atoms with van der Waals surface area (Å²) in [6.07, 6.45) is 9.66. The van der Waals surface area contributed by atoms with Crippen LogP contribution >= 0.6 is 0 Å². The SMILES string of the molecule is C/C=C/C1CCC(c2ccc(C#CC#N)cc2)CC1. The van der Waals surface area contributed by atoms with Crippen molar-refractivity contribution >= 4 is 0 Å². The van der Waals surface area contributed by atoms with E-state index in [-0.39, 0.29) is 0 Å². The van der Waals surface area contributed by atoms with Gasteiger partial charge in [0, 0.05) is 11.5 Å². The van der Waals surface area contributed by atoms with Crippen LogP contribution in [0.25, 0.3) is 0 Å². The van der Waals surface area contributed by atoms with E-state index in [2.05, 4.69) is 43.0 Å². The largest absolute Gasteiger partial charge is 0.183 e. The lowest BCUT2D eigenvalue weighted by Gasteiger charge is -2.27. The average molecular weight is 249 g/mol. The van der Waals surface area contributed by atoms with Crippen LogP contribution in [0.15, 0.2) is 36.4 Å². The smallest absolute Gasteiger partial charge is 0.152 e. The molecule has 0 spiro atoms. The van der Waals surface area contributed by atoms with Crippen molar-refractivity contribution < 1.29 is 0 Å². The normalized spacial score (nSPS) is 22.5. The Balaban J connectivity index is 1.98. The zero-order valence-electron chi connectivity index (χ0n) is 11.4. The quantitative estimate of drug-likeness (QED) is 0.562. The van der Waals surface area contributed by atoms with Crippen LogP contribution in [0.5, 0.6) is 0 Å². The summed E-state index contributed by atoms with van der Waals surface area (Å²) < 4.78 is 0. The van der Waals surface area contributed by atoms with Crippen LogP contribution in [0.3, 0.4) is 0 Å². The number of nitrogens with zero attached hydrogens (tertiary/aromatic N) is 1. The van der Waals surface area contributed by atoms with E-state index < -0.39 is 0 Å². The van der Waals surface area contributed by atoms with E-state index in [0.29, 0.717) is 5.92 Å². The molecule has 19 heavy (non-hydrogen) atoms. The van der Waals surface area contributed by atoms with Gasteiger partial charge in [-0.1, -0.05) is 30.2 Å². The molecule has 0 bridgehead atoms. The van der Waals surface area contributed by atoms with Gasteiger partial charge in [-0.2, -0.15) is 5.26 Å². The summed E-state index contributed by atoms with van der Waals surface area (Å²) >= 11 is 0. The first-order valence-electron chi connectivity index (χ1n) is 6.96. The molecule has 1 aromatic carbocycles. The standard InChI is InChI=1S/C18H19N/c1-2-4-15-6-10-17(11-7-15)18-12-8-16(9-13-18)5-3-14-19/h2,4,8-9,12-13,15,17H,6-7,10-11H2,1H3/b4-2+. The first kappa shape index (κ1) is 13.4. The third-order valence-electron chi connectivity index (χ3n) is 3.88. The van der Waals surface area contributed by atoms with Gasteiger partial charge in [0.15, 0.2) is 6.07 Å². The highest BCUT2D eigenvalue weighted by Gasteiger charge is 2.20.